The molecule has 0 bridgehead atoms. The summed E-state index contributed by atoms with van der Waals surface area (Å²) in [6.45, 7) is 7.22. The fourth-order valence-electron chi connectivity index (χ4n) is 6.40. The van der Waals surface area contributed by atoms with Crippen molar-refractivity contribution in [3.8, 4) is 0 Å². The maximum absolute atomic E-state index is 6.27. The number of rotatable bonds is 5. The second-order valence-electron chi connectivity index (χ2n) is 10.1. The third-order valence-corrected chi connectivity index (χ3v) is 7.78. The van der Waals surface area contributed by atoms with Crippen LogP contribution in [0.3, 0.4) is 0 Å². The molecule has 0 aromatic rings. The third kappa shape index (κ3) is 4.89. The first-order chi connectivity index (χ1) is 14.2. The molecule has 7 unspecified atom stereocenters. The van der Waals surface area contributed by atoms with Crippen LogP contribution in [0.5, 0.6) is 0 Å². The summed E-state index contributed by atoms with van der Waals surface area (Å²) >= 11 is 0. The molecule has 29 heavy (non-hydrogen) atoms. The minimum Gasteiger partial charge on any atom is -0.378 e. The first-order valence-electron chi connectivity index (χ1n) is 12.1. The highest BCUT2D eigenvalue weighted by Crippen LogP contribution is 2.42. The van der Waals surface area contributed by atoms with Crippen molar-refractivity contribution < 1.29 is 9.47 Å². The van der Waals surface area contributed by atoms with Crippen LogP contribution in [0, 0.1) is 11.8 Å². The third-order valence-electron chi connectivity index (χ3n) is 7.78. The minimum atomic E-state index is 0.409. The van der Waals surface area contributed by atoms with Crippen molar-refractivity contribution in [2.45, 2.75) is 88.3 Å². The summed E-state index contributed by atoms with van der Waals surface area (Å²) in [4.78, 5) is 0. The molecule has 5 aliphatic rings. The van der Waals surface area contributed by atoms with Crippen LogP contribution in [0.15, 0.2) is 11.6 Å². The molecule has 6 heteroatoms. The lowest BCUT2D eigenvalue weighted by molar-refractivity contribution is -0.0144. The second-order valence-corrected chi connectivity index (χ2v) is 10.1. The van der Waals surface area contributed by atoms with Gasteiger partial charge in [-0.1, -0.05) is 11.6 Å². The lowest BCUT2D eigenvalue weighted by atomic mass is 9.72. The van der Waals surface area contributed by atoms with Crippen molar-refractivity contribution in [1.82, 2.24) is 21.3 Å². The average molecular weight is 405 g/mol. The molecule has 7 atom stereocenters. The Labute approximate surface area is 175 Å². The Morgan fingerprint density at radius 3 is 2.79 bits per heavy atom. The number of hydrogen-bond donors (Lipinski definition) is 4. The van der Waals surface area contributed by atoms with E-state index in [1.165, 1.54) is 44.9 Å². The Morgan fingerprint density at radius 1 is 1.03 bits per heavy atom. The normalized spacial score (nSPS) is 43.9. The molecule has 4 fully saturated rings. The van der Waals surface area contributed by atoms with Crippen molar-refractivity contribution in [2.75, 3.05) is 32.9 Å². The maximum Gasteiger partial charge on any atom is 0.0670 e. The quantitative estimate of drug-likeness (QED) is 0.521. The summed E-state index contributed by atoms with van der Waals surface area (Å²) in [5.41, 5.74) is 1.66. The highest BCUT2D eigenvalue weighted by atomic mass is 16.5. The summed E-state index contributed by atoms with van der Waals surface area (Å²) in [5, 5.41) is 15.2. The molecule has 4 aliphatic heterocycles. The van der Waals surface area contributed by atoms with Gasteiger partial charge in [-0.2, -0.15) is 0 Å². The van der Waals surface area contributed by atoms with Crippen LogP contribution in [0.2, 0.25) is 0 Å². The van der Waals surface area contributed by atoms with Gasteiger partial charge in [-0.05, 0) is 64.3 Å². The fourth-order valence-corrected chi connectivity index (χ4v) is 6.40. The Morgan fingerprint density at radius 2 is 1.93 bits per heavy atom. The predicted molar refractivity (Wildman–Crippen MR) is 115 cm³/mol. The molecule has 4 N–H and O–H groups in total. The van der Waals surface area contributed by atoms with E-state index in [9.17, 15) is 0 Å². The molecule has 4 heterocycles. The molecule has 3 saturated heterocycles. The van der Waals surface area contributed by atoms with E-state index in [1.807, 2.05) is 0 Å². The van der Waals surface area contributed by atoms with E-state index in [0.717, 1.165) is 38.8 Å². The van der Waals surface area contributed by atoms with Gasteiger partial charge in [0.1, 0.15) is 0 Å². The summed E-state index contributed by atoms with van der Waals surface area (Å²) in [5.74, 6) is 1.33. The zero-order chi connectivity index (χ0) is 19.6. The number of piperidine rings is 1. The van der Waals surface area contributed by atoms with E-state index < -0.39 is 0 Å². The molecular weight excluding hydrogens is 364 g/mol. The van der Waals surface area contributed by atoms with Gasteiger partial charge in [0.2, 0.25) is 0 Å². The first-order valence-corrected chi connectivity index (χ1v) is 12.1. The van der Waals surface area contributed by atoms with Gasteiger partial charge in [0.15, 0.2) is 0 Å². The molecule has 0 amide bonds. The van der Waals surface area contributed by atoms with Crippen molar-refractivity contribution in [3.63, 3.8) is 0 Å². The highest BCUT2D eigenvalue weighted by molar-refractivity contribution is 5.15. The molecule has 0 radical (unpaired) electrons. The van der Waals surface area contributed by atoms with Crippen LogP contribution >= 0.6 is 0 Å². The van der Waals surface area contributed by atoms with Gasteiger partial charge in [-0.25, -0.2) is 0 Å². The second kappa shape index (κ2) is 9.33. The van der Waals surface area contributed by atoms with Crippen molar-refractivity contribution in [3.05, 3.63) is 11.6 Å². The van der Waals surface area contributed by atoms with Gasteiger partial charge in [0, 0.05) is 37.2 Å². The number of ether oxygens (including phenoxy) is 2. The van der Waals surface area contributed by atoms with Gasteiger partial charge in [0.05, 0.1) is 31.5 Å². The topological polar surface area (TPSA) is 66.6 Å². The van der Waals surface area contributed by atoms with E-state index in [0.29, 0.717) is 42.4 Å². The van der Waals surface area contributed by atoms with E-state index in [1.54, 1.807) is 5.57 Å². The van der Waals surface area contributed by atoms with Gasteiger partial charge in [-0.3, -0.25) is 10.6 Å². The Balaban J connectivity index is 1.22. The van der Waals surface area contributed by atoms with Crippen molar-refractivity contribution in [1.29, 1.82) is 0 Å². The van der Waals surface area contributed by atoms with Crippen LogP contribution in [0.1, 0.15) is 51.9 Å². The number of nitrogens with one attached hydrogen (secondary N) is 4. The number of hydrogen-bond acceptors (Lipinski definition) is 6. The standard InChI is InChI=1S/C23H40N4O2/c1-15-9-18(26-20-13-28-14-20)12-22(25-15)27-19-10-17-5-8-29-23(17)21(11-19)16-3-2-6-24-7-4-16/h4,15,17-27H,2-3,5-14H2,1H3. The maximum atomic E-state index is 6.27. The SMILES string of the molecule is CC1CC(NC2COC2)CC(NC2CC3CCOC3C(C3=CCNCCC3)C2)N1. The summed E-state index contributed by atoms with van der Waals surface area (Å²) in [6, 6.07) is 2.31. The zero-order valence-electron chi connectivity index (χ0n) is 18.0. The van der Waals surface area contributed by atoms with Crippen LogP contribution in [-0.2, 0) is 9.47 Å². The van der Waals surface area contributed by atoms with E-state index in [2.05, 4.69) is 34.3 Å². The minimum absolute atomic E-state index is 0.409. The lowest BCUT2D eigenvalue weighted by Gasteiger charge is -2.44. The van der Waals surface area contributed by atoms with Gasteiger partial charge in [0.25, 0.3) is 0 Å². The molecule has 0 aromatic heterocycles. The molecule has 5 rings (SSSR count). The number of fused-ring (bicyclic) bond motifs is 1. The summed E-state index contributed by atoms with van der Waals surface area (Å²) in [7, 11) is 0. The van der Waals surface area contributed by atoms with E-state index in [4.69, 9.17) is 9.47 Å². The van der Waals surface area contributed by atoms with Gasteiger partial charge >= 0.3 is 0 Å². The van der Waals surface area contributed by atoms with Crippen molar-refractivity contribution >= 4 is 0 Å². The molecule has 1 aliphatic carbocycles. The van der Waals surface area contributed by atoms with Gasteiger partial charge in [-0.15, -0.1) is 0 Å². The van der Waals surface area contributed by atoms with Gasteiger partial charge < -0.3 is 20.1 Å². The summed E-state index contributed by atoms with van der Waals surface area (Å²) in [6.07, 6.45) is 12.0. The Kier molecular flexibility index (Phi) is 6.56. The molecule has 1 saturated carbocycles. The smallest absolute Gasteiger partial charge is 0.0670 e. The monoisotopic (exact) mass is 404 g/mol. The van der Waals surface area contributed by atoms with Crippen LogP contribution in [-0.4, -0.2) is 69.3 Å². The molecule has 164 valence electrons. The molecule has 6 nitrogen and oxygen atoms in total. The van der Waals surface area contributed by atoms with E-state index >= 15 is 0 Å². The zero-order valence-corrected chi connectivity index (χ0v) is 18.0. The lowest BCUT2D eigenvalue weighted by Crippen LogP contribution is -2.61. The Bertz CT molecular complexity index is 581. The van der Waals surface area contributed by atoms with Crippen LogP contribution in [0.4, 0.5) is 0 Å². The predicted octanol–water partition coefficient (Wildman–Crippen LogP) is 1.52. The molecule has 0 spiro atoms. The Hall–Kier alpha value is -0.500. The summed E-state index contributed by atoms with van der Waals surface area (Å²) < 4.78 is 11.6. The average Bonchev–Trinajstić information content (AvgIpc) is 2.97. The highest BCUT2D eigenvalue weighted by Gasteiger charge is 2.43. The molecule has 0 aromatic carbocycles. The van der Waals surface area contributed by atoms with E-state index in [-0.39, 0.29) is 0 Å². The van der Waals surface area contributed by atoms with Crippen LogP contribution < -0.4 is 21.3 Å². The fraction of sp³-hybridized carbons (Fsp3) is 0.913. The van der Waals surface area contributed by atoms with Crippen molar-refractivity contribution in [2.24, 2.45) is 11.8 Å². The van der Waals surface area contributed by atoms with Crippen LogP contribution in [0.25, 0.3) is 0 Å². The first kappa shape index (κ1) is 20.4. The largest absolute Gasteiger partial charge is 0.378 e. The molecular formula is C23H40N4O2.